The SMILES string of the molecule is CC(CO)(CO)NCc1cccc(C#N)c1F. The molecule has 0 spiro atoms. The van der Waals surface area contributed by atoms with Gasteiger partial charge in [0, 0.05) is 12.1 Å². The summed E-state index contributed by atoms with van der Waals surface area (Å²) in [7, 11) is 0. The smallest absolute Gasteiger partial charge is 0.145 e. The van der Waals surface area contributed by atoms with E-state index >= 15 is 0 Å². The van der Waals surface area contributed by atoms with E-state index in [0.29, 0.717) is 5.56 Å². The molecular formula is C12H15FN2O2. The minimum absolute atomic E-state index is 0.0148. The number of aliphatic hydroxyl groups is 2. The van der Waals surface area contributed by atoms with Crippen LogP contribution in [0, 0.1) is 17.1 Å². The first kappa shape index (κ1) is 13.6. The van der Waals surface area contributed by atoms with Crippen molar-refractivity contribution in [1.82, 2.24) is 5.32 Å². The number of benzene rings is 1. The maximum atomic E-state index is 13.7. The number of aliphatic hydroxyl groups excluding tert-OH is 2. The second-order valence-electron chi connectivity index (χ2n) is 4.12. The lowest BCUT2D eigenvalue weighted by Gasteiger charge is -2.26. The third kappa shape index (κ3) is 3.24. The Hall–Kier alpha value is -1.48. The zero-order valence-corrected chi connectivity index (χ0v) is 9.57. The van der Waals surface area contributed by atoms with Gasteiger partial charge in [0.1, 0.15) is 11.9 Å². The molecule has 0 unspecified atom stereocenters. The van der Waals surface area contributed by atoms with E-state index < -0.39 is 11.4 Å². The van der Waals surface area contributed by atoms with Gasteiger partial charge in [-0.3, -0.25) is 0 Å². The maximum Gasteiger partial charge on any atom is 0.145 e. The summed E-state index contributed by atoms with van der Waals surface area (Å²) in [6, 6.07) is 6.30. The molecule has 0 radical (unpaired) electrons. The van der Waals surface area contributed by atoms with Crippen LogP contribution in [-0.2, 0) is 6.54 Å². The summed E-state index contributed by atoms with van der Waals surface area (Å²) >= 11 is 0. The van der Waals surface area contributed by atoms with Gasteiger partial charge in [0.05, 0.1) is 24.3 Å². The fourth-order valence-corrected chi connectivity index (χ4v) is 1.27. The van der Waals surface area contributed by atoms with Crippen LogP contribution in [0.3, 0.4) is 0 Å². The van der Waals surface area contributed by atoms with E-state index in [-0.39, 0.29) is 25.3 Å². The summed E-state index contributed by atoms with van der Waals surface area (Å²) in [5.74, 6) is -0.569. The average Bonchev–Trinajstić information content (AvgIpc) is 2.37. The molecule has 0 aromatic heterocycles. The van der Waals surface area contributed by atoms with Crippen molar-refractivity contribution in [3.63, 3.8) is 0 Å². The molecule has 0 fully saturated rings. The highest BCUT2D eigenvalue weighted by atomic mass is 19.1. The van der Waals surface area contributed by atoms with Crippen LogP contribution in [-0.4, -0.2) is 29.0 Å². The van der Waals surface area contributed by atoms with Gasteiger partial charge in [-0.1, -0.05) is 12.1 Å². The summed E-state index contributed by atoms with van der Waals surface area (Å²) in [4.78, 5) is 0. The van der Waals surface area contributed by atoms with Gasteiger partial charge in [-0.05, 0) is 13.0 Å². The number of rotatable bonds is 5. The normalized spacial score (nSPS) is 11.2. The van der Waals surface area contributed by atoms with Crippen molar-refractivity contribution < 1.29 is 14.6 Å². The van der Waals surface area contributed by atoms with Crippen molar-refractivity contribution in [1.29, 1.82) is 5.26 Å². The lowest BCUT2D eigenvalue weighted by Crippen LogP contribution is -2.48. The Morgan fingerprint density at radius 3 is 2.59 bits per heavy atom. The van der Waals surface area contributed by atoms with E-state index in [1.165, 1.54) is 6.07 Å². The lowest BCUT2D eigenvalue weighted by molar-refractivity contribution is 0.103. The summed E-state index contributed by atoms with van der Waals surface area (Å²) in [6.45, 7) is 1.24. The van der Waals surface area contributed by atoms with Crippen molar-refractivity contribution in [3.05, 3.63) is 35.1 Å². The zero-order chi connectivity index (χ0) is 12.9. The van der Waals surface area contributed by atoms with E-state index in [9.17, 15) is 4.39 Å². The van der Waals surface area contributed by atoms with E-state index in [4.69, 9.17) is 15.5 Å². The number of halogens is 1. The maximum absolute atomic E-state index is 13.7. The molecule has 1 aromatic rings. The van der Waals surface area contributed by atoms with Crippen LogP contribution in [0.4, 0.5) is 4.39 Å². The Kier molecular flexibility index (Phi) is 4.58. The van der Waals surface area contributed by atoms with E-state index in [0.717, 1.165) is 0 Å². The molecule has 0 saturated heterocycles. The quantitative estimate of drug-likeness (QED) is 0.699. The van der Waals surface area contributed by atoms with Crippen LogP contribution in [0.1, 0.15) is 18.1 Å². The molecule has 0 saturated carbocycles. The standard InChI is InChI=1S/C12H15FN2O2/c1-12(7-16,8-17)15-6-10-4-2-3-9(5-14)11(10)13/h2-4,15-17H,6-8H2,1H3. The summed E-state index contributed by atoms with van der Waals surface area (Å²) in [5, 5.41) is 29.7. The van der Waals surface area contributed by atoms with Gasteiger partial charge in [0.15, 0.2) is 0 Å². The minimum atomic E-state index is -0.866. The van der Waals surface area contributed by atoms with Gasteiger partial charge in [-0.25, -0.2) is 4.39 Å². The molecular weight excluding hydrogens is 223 g/mol. The van der Waals surface area contributed by atoms with Crippen molar-refractivity contribution in [3.8, 4) is 6.07 Å². The van der Waals surface area contributed by atoms with Crippen molar-refractivity contribution in [2.75, 3.05) is 13.2 Å². The van der Waals surface area contributed by atoms with Crippen LogP contribution >= 0.6 is 0 Å². The van der Waals surface area contributed by atoms with Crippen molar-refractivity contribution in [2.45, 2.75) is 19.0 Å². The zero-order valence-electron chi connectivity index (χ0n) is 9.57. The second kappa shape index (κ2) is 5.73. The number of nitriles is 1. The van der Waals surface area contributed by atoms with Gasteiger partial charge >= 0.3 is 0 Å². The van der Waals surface area contributed by atoms with Crippen LogP contribution in [0.15, 0.2) is 18.2 Å². The largest absolute Gasteiger partial charge is 0.394 e. The van der Waals surface area contributed by atoms with E-state index in [2.05, 4.69) is 5.32 Å². The Bertz CT molecular complexity index is 425. The number of hydrogen-bond acceptors (Lipinski definition) is 4. The Labute approximate surface area is 99.3 Å². The molecule has 5 heteroatoms. The van der Waals surface area contributed by atoms with Gasteiger partial charge in [0.25, 0.3) is 0 Å². The fraction of sp³-hybridized carbons (Fsp3) is 0.417. The first-order valence-corrected chi connectivity index (χ1v) is 5.20. The Morgan fingerprint density at radius 1 is 1.41 bits per heavy atom. The molecule has 17 heavy (non-hydrogen) atoms. The first-order valence-electron chi connectivity index (χ1n) is 5.20. The van der Waals surface area contributed by atoms with Crippen LogP contribution < -0.4 is 5.32 Å². The molecule has 0 atom stereocenters. The third-order valence-corrected chi connectivity index (χ3v) is 2.60. The molecule has 1 rings (SSSR count). The number of nitrogens with one attached hydrogen (secondary N) is 1. The molecule has 0 bridgehead atoms. The van der Waals surface area contributed by atoms with E-state index in [1.807, 2.05) is 0 Å². The second-order valence-corrected chi connectivity index (χ2v) is 4.12. The van der Waals surface area contributed by atoms with Crippen molar-refractivity contribution >= 4 is 0 Å². The molecule has 4 nitrogen and oxygen atoms in total. The number of hydrogen-bond donors (Lipinski definition) is 3. The molecule has 1 aromatic carbocycles. The minimum Gasteiger partial charge on any atom is -0.394 e. The number of nitrogens with zero attached hydrogens (tertiary/aromatic N) is 1. The monoisotopic (exact) mass is 238 g/mol. The molecule has 92 valence electrons. The lowest BCUT2D eigenvalue weighted by atomic mass is 10.0. The van der Waals surface area contributed by atoms with Gasteiger partial charge in [-0.2, -0.15) is 5.26 Å². The topological polar surface area (TPSA) is 76.3 Å². The average molecular weight is 238 g/mol. The predicted molar refractivity (Wildman–Crippen MR) is 60.5 cm³/mol. The molecule has 0 aliphatic carbocycles. The summed E-state index contributed by atoms with van der Waals surface area (Å²) in [6.07, 6.45) is 0. The van der Waals surface area contributed by atoms with Crippen LogP contribution in [0.25, 0.3) is 0 Å². The summed E-state index contributed by atoms with van der Waals surface area (Å²) < 4.78 is 13.7. The molecule has 3 N–H and O–H groups in total. The summed E-state index contributed by atoms with van der Waals surface area (Å²) in [5.41, 5.74) is -0.550. The van der Waals surface area contributed by atoms with E-state index in [1.54, 1.807) is 25.1 Å². The van der Waals surface area contributed by atoms with Crippen molar-refractivity contribution in [2.24, 2.45) is 0 Å². The van der Waals surface area contributed by atoms with Gasteiger partial charge in [0.2, 0.25) is 0 Å². The van der Waals surface area contributed by atoms with Crippen LogP contribution in [0.5, 0.6) is 0 Å². The predicted octanol–water partition coefficient (Wildman–Crippen LogP) is 0.530. The highest BCUT2D eigenvalue weighted by Crippen LogP contribution is 2.13. The highest BCUT2D eigenvalue weighted by molar-refractivity contribution is 5.34. The molecule has 0 aliphatic heterocycles. The first-order chi connectivity index (χ1) is 8.06. The molecule has 0 amide bonds. The van der Waals surface area contributed by atoms with Gasteiger partial charge < -0.3 is 15.5 Å². The Balaban J connectivity index is 2.80. The molecule has 0 aliphatic rings. The van der Waals surface area contributed by atoms with Gasteiger partial charge in [-0.15, -0.1) is 0 Å². The highest BCUT2D eigenvalue weighted by Gasteiger charge is 2.21. The Morgan fingerprint density at radius 2 is 2.06 bits per heavy atom. The fourth-order valence-electron chi connectivity index (χ4n) is 1.27. The molecule has 0 heterocycles. The third-order valence-electron chi connectivity index (χ3n) is 2.60. The van der Waals surface area contributed by atoms with Crippen LogP contribution in [0.2, 0.25) is 0 Å².